The lowest BCUT2D eigenvalue weighted by Crippen LogP contribution is -2.21. The predicted octanol–water partition coefficient (Wildman–Crippen LogP) is 2.00. The van der Waals surface area contributed by atoms with Crippen LogP contribution in [-0.4, -0.2) is 29.5 Å². The maximum atomic E-state index is 7.36. The van der Waals surface area contributed by atoms with E-state index in [4.69, 9.17) is 15.9 Å². The van der Waals surface area contributed by atoms with Gasteiger partial charge < -0.3 is 10.5 Å². The van der Waals surface area contributed by atoms with Gasteiger partial charge in [-0.2, -0.15) is 11.8 Å². The first-order chi connectivity index (χ1) is 7.11. The summed E-state index contributed by atoms with van der Waals surface area (Å²) in [6, 6.07) is 0. The van der Waals surface area contributed by atoms with Crippen LogP contribution in [0.3, 0.4) is 0 Å². The third-order valence-electron chi connectivity index (χ3n) is 3.43. The standard InChI is InChI=1S/C11H20N2OS/c1-8-9(2-5-14-8)15-7-11(3-4-11)6-10(12)13/h8-9H,2-7H2,1H3,(H3,12,13). The van der Waals surface area contributed by atoms with E-state index >= 15 is 0 Å². The summed E-state index contributed by atoms with van der Waals surface area (Å²) >= 11 is 2.03. The normalized spacial score (nSPS) is 32.9. The minimum Gasteiger partial charge on any atom is -0.388 e. The lowest BCUT2D eigenvalue weighted by Gasteiger charge is -2.18. The van der Waals surface area contributed by atoms with Gasteiger partial charge in [0.05, 0.1) is 11.9 Å². The highest BCUT2D eigenvalue weighted by Gasteiger charge is 2.43. The zero-order chi connectivity index (χ0) is 10.9. The molecule has 0 amide bonds. The minimum absolute atomic E-state index is 0.351. The molecule has 0 aromatic rings. The Hall–Kier alpha value is -0.220. The van der Waals surface area contributed by atoms with Crippen molar-refractivity contribution >= 4 is 17.6 Å². The Balaban J connectivity index is 1.75. The SMILES string of the molecule is CC1OCCC1SCC1(CC(=N)N)CC1. The second-order valence-electron chi connectivity index (χ2n) is 4.92. The molecule has 2 atom stereocenters. The number of hydrogen-bond donors (Lipinski definition) is 2. The molecule has 0 radical (unpaired) electrons. The molecule has 0 bridgehead atoms. The highest BCUT2D eigenvalue weighted by Crippen LogP contribution is 2.52. The van der Waals surface area contributed by atoms with Crippen LogP contribution in [0.5, 0.6) is 0 Å². The minimum atomic E-state index is 0.351. The summed E-state index contributed by atoms with van der Waals surface area (Å²) in [5.41, 5.74) is 5.85. The van der Waals surface area contributed by atoms with Crippen molar-refractivity contribution in [3.63, 3.8) is 0 Å². The quantitative estimate of drug-likeness (QED) is 0.559. The molecule has 15 heavy (non-hydrogen) atoms. The van der Waals surface area contributed by atoms with Gasteiger partial charge in [0.25, 0.3) is 0 Å². The summed E-state index contributed by atoms with van der Waals surface area (Å²) < 4.78 is 5.54. The maximum Gasteiger partial charge on any atom is 0.0911 e. The first-order valence-corrected chi connectivity index (χ1v) is 6.72. The van der Waals surface area contributed by atoms with E-state index in [1.54, 1.807) is 0 Å². The molecule has 0 aromatic heterocycles. The number of nitrogens with one attached hydrogen (secondary N) is 1. The van der Waals surface area contributed by atoms with Crippen molar-refractivity contribution in [2.75, 3.05) is 12.4 Å². The summed E-state index contributed by atoms with van der Waals surface area (Å²) in [7, 11) is 0. The average Bonchev–Trinajstić information content (AvgIpc) is 2.78. The molecule has 0 aromatic carbocycles. The molecule has 1 aliphatic carbocycles. The highest BCUT2D eigenvalue weighted by molar-refractivity contribution is 8.00. The molecule has 1 heterocycles. The molecular formula is C11H20N2OS. The van der Waals surface area contributed by atoms with Crippen LogP contribution in [0.2, 0.25) is 0 Å². The fourth-order valence-corrected chi connectivity index (χ4v) is 3.74. The first kappa shape index (κ1) is 11.3. The molecule has 3 N–H and O–H groups in total. The summed E-state index contributed by atoms with van der Waals surface area (Å²) in [4.78, 5) is 0. The fourth-order valence-electron chi connectivity index (χ4n) is 2.17. The Morgan fingerprint density at radius 1 is 1.60 bits per heavy atom. The Morgan fingerprint density at radius 3 is 2.80 bits per heavy atom. The van der Waals surface area contributed by atoms with E-state index < -0.39 is 0 Å². The Morgan fingerprint density at radius 2 is 2.33 bits per heavy atom. The van der Waals surface area contributed by atoms with Crippen LogP contribution in [0.4, 0.5) is 0 Å². The molecule has 1 saturated heterocycles. The van der Waals surface area contributed by atoms with Gasteiger partial charge >= 0.3 is 0 Å². The molecule has 1 aliphatic heterocycles. The summed E-state index contributed by atoms with van der Waals surface area (Å²) in [6.07, 6.45) is 4.88. The van der Waals surface area contributed by atoms with Crippen molar-refractivity contribution in [3.05, 3.63) is 0 Å². The molecule has 1 saturated carbocycles. The van der Waals surface area contributed by atoms with Gasteiger partial charge in [-0.25, -0.2) is 0 Å². The lowest BCUT2D eigenvalue weighted by atomic mass is 10.1. The van der Waals surface area contributed by atoms with Crippen LogP contribution in [0.1, 0.15) is 32.6 Å². The first-order valence-electron chi connectivity index (χ1n) is 5.67. The van der Waals surface area contributed by atoms with Gasteiger partial charge in [0.2, 0.25) is 0 Å². The highest BCUT2D eigenvalue weighted by atomic mass is 32.2. The number of rotatable bonds is 5. The summed E-state index contributed by atoms with van der Waals surface area (Å²) in [5.74, 6) is 1.51. The Kier molecular flexibility index (Phi) is 3.26. The van der Waals surface area contributed by atoms with Gasteiger partial charge in [-0.15, -0.1) is 0 Å². The fraction of sp³-hybridized carbons (Fsp3) is 0.909. The number of thioether (sulfide) groups is 1. The van der Waals surface area contributed by atoms with Gasteiger partial charge in [0.1, 0.15) is 0 Å². The third kappa shape index (κ3) is 2.88. The van der Waals surface area contributed by atoms with Gasteiger partial charge in [-0.3, -0.25) is 5.41 Å². The van der Waals surface area contributed by atoms with Crippen LogP contribution in [0.25, 0.3) is 0 Å². The zero-order valence-electron chi connectivity index (χ0n) is 9.29. The van der Waals surface area contributed by atoms with Crippen LogP contribution >= 0.6 is 11.8 Å². The third-order valence-corrected chi connectivity index (χ3v) is 5.26. The van der Waals surface area contributed by atoms with Gasteiger partial charge in [0, 0.05) is 18.3 Å². The average molecular weight is 228 g/mol. The molecule has 4 heteroatoms. The van der Waals surface area contributed by atoms with Crippen molar-refractivity contribution in [1.82, 2.24) is 0 Å². The van der Waals surface area contributed by atoms with E-state index in [2.05, 4.69) is 6.92 Å². The largest absolute Gasteiger partial charge is 0.388 e. The van der Waals surface area contributed by atoms with Crippen LogP contribution in [0.15, 0.2) is 0 Å². The molecule has 2 rings (SSSR count). The Labute approximate surface area is 95.6 Å². The van der Waals surface area contributed by atoms with Crippen molar-refractivity contribution in [1.29, 1.82) is 5.41 Å². The van der Waals surface area contributed by atoms with Crippen molar-refractivity contribution in [2.24, 2.45) is 11.1 Å². The van der Waals surface area contributed by atoms with E-state index in [0.29, 0.717) is 22.6 Å². The molecule has 0 spiro atoms. The second kappa shape index (κ2) is 4.34. The summed E-state index contributed by atoms with van der Waals surface area (Å²) in [5, 5.41) is 8.02. The number of ether oxygens (including phenoxy) is 1. The molecule has 86 valence electrons. The van der Waals surface area contributed by atoms with E-state index in [1.807, 2.05) is 11.8 Å². The van der Waals surface area contributed by atoms with E-state index in [0.717, 1.165) is 18.8 Å². The predicted molar refractivity (Wildman–Crippen MR) is 64.5 cm³/mol. The zero-order valence-corrected chi connectivity index (χ0v) is 10.1. The van der Waals surface area contributed by atoms with Gasteiger partial charge in [-0.05, 0) is 37.4 Å². The molecular weight excluding hydrogens is 208 g/mol. The maximum absolute atomic E-state index is 7.36. The number of nitrogens with two attached hydrogens (primary N) is 1. The van der Waals surface area contributed by atoms with Crippen molar-refractivity contribution in [2.45, 2.75) is 44.0 Å². The van der Waals surface area contributed by atoms with Crippen molar-refractivity contribution < 1.29 is 4.74 Å². The molecule has 2 fully saturated rings. The van der Waals surface area contributed by atoms with Crippen LogP contribution < -0.4 is 5.73 Å². The molecule has 2 aliphatic rings. The number of hydrogen-bond acceptors (Lipinski definition) is 3. The van der Waals surface area contributed by atoms with E-state index in [9.17, 15) is 0 Å². The molecule has 3 nitrogen and oxygen atoms in total. The van der Waals surface area contributed by atoms with E-state index in [-0.39, 0.29) is 0 Å². The van der Waals surface area contributed by atoms with Gasteiger partial charge in [-0.1, -0.05) is 0 Å². The van der Waals surface area contributed by atoms with Gasteiger partial charge in [0.15, 0.2) is 0 Å². The van der Waals surface area contributed by atoms with E-state index in [1.165, 1.54) is 19.3 Å². The van der Waals surface area contributed by atoms with Crippen molar-refractivity contribution in [3.8, 4) is 0 Å². The molecule has 2 unspecified atom stereocenters. The monoisotopic (exact) mass is 228 g/mol. The number of amidine groups is 1. The topological polar surface area (TPSA) is 59.1 Å². The smallest absolute Gasteiger partial charge is 0.0911 e. The van der Waals surface area contributed by atoms with Crippen LogP contribution in [0, 0.1) is 10.8 Å². The lowest BCUT2D eigenvalue weighted by molar-refractivity contribution is 0.127. The van der Waals surface area contributed by atoms with Crippen LogP contribution in [-0.2, 0) is 4.74 Å². The second-order valence-corrected chi connectivity index (χ2v) is 6.14. The summed E-state index contributed by atoms with van der Waals surface area (Å²) in [6.45, 7) is 3.08. The Bertz CT molecular complexity index is 253.